The second-order valence-corrected chi connectivity index (χ2v) is 8.28. The van der Waals surface area contributed by atoms with Gasteiger partial charge in [-0.3, -0.25) is 0 Å². The number of nitrogens with one attached hydrogen (secondary N) is 1. The maximum atomic E-state index is 5.99. The van der Waals surface area contributed by atoms with Crippen LogP contribution in [0.3, 0.4) is 0 Å². The molecule has 6 rings (SSSR count). The molecule has 0 amide bonds. The number of anilines is 1. The van der Waals surface area contributed by atoms with E-state index in [1.807, 2.05) is 0 Å². The highest BCUT2D eigenvalue weighted by Gasteiger charge is 2.39. The highest BCUT2D eigenvalue weighted by atomic mass is 16.5. The van der Waals surface area contributed by atoms with Gasteiger partial charge in [-0.15, -0.1) is 0 Å². The molecular weight excluding hydrogens is 342 g/mol. The van der Waals surface area contributed by atoms with Gasteiger partial charge in [-0.05, 0) is 71.2 Å². The van der Waals surface area contributed by atoms with Crippen LogP contribution in [0.5, 0.6) is 5.75 Å². The maximum Gasteiger partial charge on any atom is 0.142 e. The van der Waals surface area contributed by atoms with Gasteiger partial charge in [0.1, 0.15) is 5.75 Å². The summed E-state index contributed by atoms with van der Waals surface area (Å²) in [6.45, 7) is 2.74. The Balaban J connectivity index is 1.54. The second kappa shape index (κ2) is 6.13. The summed E-state index contributed by atoms with van der Waals surface area (Å²) in [4.78, 5) is 0. The minimum atomic E-state index is 0.305. The van der Waals surface area contributed by atoms with E-state index in [4.69, 9.17) is 4.74 Å². The predicted octanol–water partition coefficient (Wildman–Crippen LogP) is 6.16. The average molecular weight is 367 g/mol. The van der Waals surface area contributed by atoms with Gasteiger partial charge in [0.2, 0.25) is 0 Å². The van der Waals surface area contributed by atoms with Crippen molar-refractivity contribution < 1.29 is 4.74 Å². The third-order valence-corrected chi connectivity index (χ3v) is 6.90. The van der Waals surface area contributed by atoms with Gasteiger partial charge in [0.05, 0.1) is 18.3 Å². The van der Waals surface area contributed by atoms with Crippen LogP contribution in [0.2, 0.25) is 0 Å². The van der Waals surface area contributed by atoms with E-state index < -0.39 is 0 Å². The number of fused-ring (bicyclic) bond motifs is 3. The number of para-hydroxylation sites is 1. The number of allylic oxidation sites excluding steroid dienone is 2. The maximum absolute atomic E-state index is 5.99. The standard InChI is InChI=1S/C26H25NO/c1-2-28-23-11-5-10-21-18-7-4-9-20(18)25(27-26(21)23)22-15-14-17-13-12-16-6-3-8-19(22)24(16)17/h3-8,10-11,14-15,18,20,25,27H,2,9,12-13H2,1H3/t18-,20+,25-/m1/s1. The summed E-state index contributed by atoms with van der Waals surface area (Å²) >= 11 is 0. The lowest BCUT2D eigenvalue weighted by Gasteiger charge is -2.38. The van der Waals surface area contributed by atoms with Gasteiger partial charge >= 0.3 is 0 Å². The lowest BCUT2D eigenvalue weighted by atomic mass is 9.76. The molecular formula is C26H25NO. The van der Waals surface area contributed by atoms with E-state index in [9.17, 15) is 0 Å². The monoisotopic (exact) mass is 367 g/mol. The van der Waals surface area contributed by atoms with Crippen molar-refractivity contribution in [3.05, 3.63) is 82.9 Å². The molecule has 140 valence electrons. The Morgan fingerprint density at radius 3 is 2.71 bits per heavy atom. The Morgan fingerprint density at radius 2 is 1.82 bits per heavy atom. The van der Waals surface area contributed by atoms with Gasteiger partial charge in [-0.25, -0.2) is 0 Å². The Morgan fingerprint density at radius 1 is 0.964 bits per heavy atom. The van der Waals surface area contributed by atoms with E-state index in [0.29, 0.717) is 24.5 Å². The molecule has 1 heterocycles. The third-order valence-electron chi connectivity index (χ3n) is 6.90. The molecule has 0 aromatic heterocycles. The molecule has 2 aliphatic carbocycles. The molecule has 0 unspecified atom stereocenters. The van der Waals surface area contributed by atoms with Crippen molar-refractivity contribution in [1.82, 2.24) is 0 Å². The van der Waals surface area contributed by atoms with Gasteiger partial charge in [0.15, 0.2) is 0 Å². The zero-order valence-corrected chi connectivity index (χ0v) is 16.2. The third kappa shape index (κ3) is 2.21. The Bertz CT molecular complexity index is 1100. The molecule has 2 nitrogen and oxygen atoms in total. The summed E-state index contributed by atoms with van der Waals surface area (Å²) in [5.74, 6) is 2.00. The number of rotatable bonds is 3. The van der Waals surface area contributed by atoms with Crippen molar-refractivity contribution >= 4 is 16.5 Å². The SMILES string of the molecule is CCOc1cccc2c1N[C@@H](c1ccc3c4c(cccc14)CC3)[C@H]1CC=C[C@@H]21. The zero-order valence-electron chi connectivity index (χ0n) is 16.2. The van der Waals surface area contributed by atoms with Gasteiger partial charge in [0, 0.05) is 5.92 Å². The summed E-state index contributed by atoms with van der Waals surface area (Å²) in [5, 5.41) is 6.87. The number of benzene rings is 3. The molecule has 3 atom stereocenters. The largest absolute Gasteiger partial charge is 0.492 e. The topological polar surface area (TPSA) is 21.3 Å². The van der Waals surface area contributed by atoms with Crippen molar-refractivity contribution in [3.8, 4) is 5.75 Å². The molecule has 1 aliphatic heterocycles. The van der Waals surface area contributed by atoms with Crippen LogP contribution in [0.4, 0.5) is 5.69 Å². The van der Waals surface area contributed by atoms with Crippen molar-refractivity contribution in [3.63, 3.8) is 0 Å². The van der Waals surface area contributed by atoms with Crippen LogP contribution in [-0.2, 0) is 12.8 Å². The highest BCUT2D eigenvalue weighted by molar-refractivity contribution is 5.94. The minimum absolute atomic E-state index is 0.305. The molecule has 0 spiro atoms. The fourth-order valence-corrected chi connectivity index (χ4v) is 5.72. The van der Waals surface area contributed by atoms with Gasteiger partial charge in [-0.2, -0.15) is 0 Å². The zero-order chi connectivity index (χ0) is 18.7. The van der Waals surface area contributed by atoms with Crippen LogP contribution in [0.25, 0.3) is 10.8 Å². The molecule has 0 saturated carbocycles. The number of ether oxygens (including phenoxy) is 1. The van der Waals surface area contributed by atoms with E-state index in [0.717, 1.165) is 12.2 Å². The smallest absolute Gasteiger partial charge is 0.142 e. The molecule has 28 heavy (non-hydrogen) atoms. The predicted molar refractivity (Wildman–Crippen MR) is 115 cm³/mol. The molecule has 0 saturated heterocycles. The van der Waals surface area contributed by atoms with E-state index in [1.165, 1.54) is 51.6 Å². The fraction of sp³-hybridized carbons (Fsp3) is 0.308. The number of hydrogen-bond acceptors (Lipinski definition) is 2. The first kappa shape index (κ1) is 16.2. The summed E-state index contributed by atoms with van der Waals surface area (Å²) < 4.78 is 5.99. The van der Waals surface area contributed by atoms with Crippen LogP contribution in [0, 0.1) is 5.92 Å². The summed E-state index contributed by atoms with van der Waals surface area (Å²) in [6, 6.07) is 18.4. The average Bonchev–Trinajstić information content (AvgIpc) is 3.37. The molecule has 3 aliphatic rings. The highest BCUT2D eigenvalue weighted by Crippen LogP contribution is 2.53. The number of hydrogen-bond donors (Lipinski definition) is 1. The summed E-state index contributed by atoms with van der Waals surface area (Å²) in [6.07, 6.45) is 8.27. The van der Waals surface area contributed by atoms with Crippen LogP contribution >= 0.6 is 0 Å². The van der Waals surface area contributed by atoms with E-state index >= 15 is 0 Å². The molecule has 2 heteroatoms. The van der Waals surface area contributed by atoms with Crippen LogP contribution in [0.1, 0.15) is 47.6 Å². The molecule has 0 bridgehead atoms. The normalized spacial score (nSPS) is 24.1. The van der Waals surface area contributed by atoms with E-state index in [-0.39, 0.29) is 0 Å². The molecule has 1 N–H and O–H groups in total. The van der Waals surface area contributed by atoms with Crippen molar-refractivity contribution in [2.75, 3.05) is 11.9 Å². The molecule has 3 aromatic carbocycles. The first-order chi connectivity index (χ1) is 13.8. The summed E-state index contributed by atoms with van der Waals surface area (Å²) in [7, 11) is 0. The Labute approximate surface area is 166 Å². The van der Waals surface area contributed by atoms with Crippen LogP contribution < -0.4 is 10.1 Å². The fourth-order valence-electron chi connectivity index (χ4n) is 5.72. The molecule has 0 fully saturated rings. The first-order valence-electron chi connectivity index (χ1n) is 10.6. The van der Waals surface area contributed by atoms with Crippen LogP contribution in [0.15, 0.2) is 60.7 Å². The quantitative estimate of drug-likeness (QED) is 0.560. The minimum Gasteiger partial charge on any atom is -0.492 e. The molecule has 0 radical (unpaired) electrons. The number of aryl methyl sites for hydroxylation is 2. The second-order valence-electron chi connectivity index (χ2n) is 8.28. The lowest BCUT2D eigenvalue weighted by molar-refractivity contribution is 0.337. The summed E-state index contributed by atoms with van der Waals surface area (Å²) in [5.41, 5.74) is 7.04. The molecule has 3 aromatic rings. The first-order valence-corrected chi connectivity index (χ1v) is 10.6. The van der Waals surface area contributed by atoms with E-state index in [2.05, 4.69) is 72.9 Å². The van der Waals surface area contributed by atoms with Crippen LogP contribution in [-0.4, -0.2) is 6.61 Å². The lowest BCUT2D eigenvalue weighted by Crippen LogP contribution is -2.29. The van der Waals surface area contributed by atoms with Crippen molar-refractivity contribution in [1.29, 1.82) is 0 Å². The van der Waals surface area contributed by atoms with Gasteiger partial charge in [-0.1, -0.05) is 54.6 Å². The van der Waals surface area contributed by atoms with Gasteiger partial charge in [0.25, 0.3) is 0 Å². The Hall–Kier alpha value is -2.74. The van der Waals surface area contributed by atoms with E-state index in [1.54, 1.807) is 0 Å². The van der Waals surface area contributed by atoms with Crippen molar-refractivity contribution in [2.45, 2.75) is 38.1 Å². The van der Waals surface area contributed by atoms with Crippen molar-refractivity contribution in [2.24, 2.45) is 5.92 Å². The van der Waals surface area contributed by atoms with Gasteiger partial charge < -0.3 is 10.1 Å². The Kier molecular flexibility index (Phi) is 3.56.